The van der Waals surface area contributed by atoms with E-state index in [4.69, 9.17) is 10.00 Å². The first-order chi connectivity index (χ1) is 17.2. The molecule has 1 aliphatic carbocycles. The average Bonchev–Trinajstić information content (AvgIpc) is 3.21. The van der Waals surface area contributed by atoms with Crippen molar-refractivity contribution in [3.8, 4) is 17.2 Å². The molecule has 0 saturated carbocycles. The van der Waals surface area contributed by atoms with Crippen LogP contribution in [0.2, 0.25) is 0 Å². The van der Waals surface area contributed by atoms with Gasteiger partial charge in [-0.1, -0.05) is 78.9 Å². The first-order valence-electron chi connectivity index (χ1n) is 12.5. The maximum absolute atomic E-state index is 13.4. The van der Waals surface area contributed by atoms with Gasteiger partial charge in [-0.15, -0.1) is 0 Å². The first-order valence-corrected chi connectivity index (χ1v) is 12.5. The molecule has 0 N–H and O–H groups in total. The molecule has 4 heteroatoms. The average molecular weight is 461 g/mol. The molecule has 4 nitrogen and oxygen atoms in total. The summed E-state index contributed by atoms with van der Waals surface area (Å²) < 4.78 is 6.03. The summed E-state index contributed by atoms with van der Waals surface area (Å²) in [6, 6.07) is 27.6. The maximum atomic E-state index is 13.4. The molecule has 0 radical (unpaired) electrons. The van der Waals surface area contributed by atoms with E-state index in [0.29, 0.717) is 13.0 Å². The van der Waals surface area contributed by atoms with Gasteiger partial charge in [-0.3, -0.25) is 4.90 Å². The van der Waals surface area contributed by atoms with Crippen LogP contribution in [-0.2, 0) is 11.2 Å². The van der Waals surface area contributed by atoms with Gasteiger partial charge in [-0.05, 0) is 64.6 Å². The fourth-order valence-corrected chi connectivity index (χ4v) is 6.12. The fourth-order valence-electron chi connectivity index (χ4n) is 6.12. The highest BCUT2D eigenvalue weighted by Gasteiger charge is 2.39. The Kier molecular flexibility index (Phi) is 5.62. The lowest BCUT2D eigenvalue weighted by Crippen LogP contribution is -2.51. The number of nitriles is 1. The lowest BCUT2D eigenvalue weighted by molar-refractivity contribution is 0.0539. The number of carbonyl (C=O) groups excluding carboxylic acids is 1. The Balaban J connectivity index is 1.19. The molecule has 6 rings (SSSR count). The highest BCUT2D eigenvalue weighted by atomic mass is 16.6. The summed E-state index contributed by atoms with van der Waals surface area (Å²) in [5.74, 6) is 0.0778. The summed E-state index contributed by atoms with van der Waals surface area (Å²) in [7, 11) is 0. The van der Waals surface area contributed by atoms with Gasteiger partial charge in [-0.2, -0.15) is 5.26 Å². The number of benzene rings is 3. The molecule has 2 aliphatic heterocycles. The van der Waals surface area contributed by atoms with E-state index in [0.717, 1.165) is 31.2 Å². The summed E-state index contributed by atoms with van der Waals surface area (Å²) in [5.41, 5.74) is 8.49. The molecule has 35 heavy (non-hydrogen) atoms. The fraction of sp³-hybridized carbons (Fsp3) is 0.290. The zero-order valence-electron chi connectivity index (χ0n) is 19.7. The molecular weight excluding hydrogens is 432 g/mol. The van der Waals surface area contributed by atoms with E-state index in [-0.39, 0.29) is 24.1 Å². The van der Waals surface area contributed by atoms with Crippen LogP contribution in [0.5, 0.6) is 0 Å². The van der Waals surface area contributed by atoms with Gasteiger partial charge in [0.05, 0.1) is 18.5 Å². The molecular formula is C31H28N2O2. The van der Waals surface area contributed by atoms with Crippen LogP contribution < -0.4 is 0 Å². The van der Waals surface area contributed by atoms with Crippen molar-refractivity contribution in [3.05, 3.63) is 101 Å². The van der Waals surface area contributed by atoms with Gasteiger partial charge in [0.25, 0.3) is 0 Å². The number of ether oxygens (including phenoxy) is 1. The van der Waals surface area contributed by atoms with E-state index in [1.165, 1.54) is 33.4 Å². The minimum absolute atomic E-state index is 0.0759. The minimum atomic E-state index is -0.193. The molecule has 174 valence electrons. The molecule has 1 fully saturated rings. The number of hydrogen-bond donors (Lipinski definition) is 0. The quantitative estimate of drug-likeness (QED) is 0.435. The second-order valence-electron chi connectivity index (χ2n) is 9.79. The van der Waals surface area contributed by atoms with Gasteiger partial charge in [0, 0.05) is 12.0 Å². The van der Waals surface area contributed by atoms with Gasteiger partial charge in [0.1, 0.15) is 6.61 Å². The summed E-state index contributed by atoms with van der Waals surface area (Å²) >= 11 is 0. The third-order valence-corrected chi connectivity index (χ3v) is 7.79. The zero-order chi connectivity index (χ0) is 23.8. The Morgan fingerprint density at radius 1 is 0.943 bits per heavy atom. The molecule has 0 aromatic heterocycles. The van der Waals surface area contributed by atoms with Gasteiger partial charge in [-0.25, -0.2) is 4.79 Å². The number of amides is 1. The van der Waals surface area contributed by atoms with Gasteiger partial charge < -0.3 is 4.74 Å². The Morgan fingerprint density at radius 3 is 2.29 bits per heavy atom. The van der Waals surface area contributed by atoms with Gasteiger partial charge >= 0.3 is 6.09 Å². The summed E-state index contributed by atoms with van der Waals surface area (Å²) in [5, 5.41) is 8.93. The van der Waals surface area contributed by atoms with Crippen LogP contribution in [0.15, 0.2) is 78.9 Å². The van der Waals surface area contributed by atoms with E-state index < -0.39 is 0 Å². The van der Waals surface area contributed by atoms with Crippen molar-refractivity contribution in [2.24, 2.45) is 0 Å². The molecule has 1 amide bonds. The Hall–Kier alpha value is -3.84. The lowest BCUT2D eigenvalue weighted by Gasteiger charge is -2.44. The molecule has 2 atom stereocenters. The maximum Gasteiger partial charge on any atom is 0.410 e. The highest BCUT2D eigenvalue weighted by molar-refractivity contribution is 5.79. The summed E-state index contributed by atoms with van der Waals surface area (Å²) in [6.07, 6.45) is 6.45. The van der Waals surface area contributed by atoms with Crippen molar-refractivity contribution in [2.75, 3.05) is 6.61 Å². The molecule has 2 bridgehead atoms. The number of rotatable bonds is 4. The third-order valence-electron chi connectivity index (χ3n) is 7.79. The van der Waals surface area contributed by atoms with Crippen LogP contribution in [0.4, 0.5) is 4.79 Å². The molecule has 3 aliphatic rings. The Labute approximate surface area is 206 Å². The smallest absolute Gasteiger partial charge is 0.410 e. The van der Waals surface area contributed by atoms with Crippen molar-refractivity contribution in [3.63, 3.8) is 0 Å². The summed E-state index contributed by atoms with van der Waals surface area (Å²) in [4.78, 5) is 15.4. The number of carbonyl (C=O) groups is 1. The SMILES string of the molecule is N#CCc1ccc(C2=CC3CCCC(C2)N3C(=O)OCC2c3ccccc3-c3ccccc32)cc1. The van der Waals surface area contributed by atoms with E-state index in [2.05, 4.69) is 72.8 Å². The number of nitrogens with zero attached hydrogens (tertiary/aromatic N) is 2. The van der Waals surface area contributed by atoms with Crippen molar-refractivity contribution < 1.29 is 9.53 Å². The minimum Gasteiger partial charge on any atom is -0.448 e. The number of fused-ring (bicyclic) bond motifs is 5. The first kappa shape index (κ1) is 21.7. The Bertz CT molecular complexity index is 1290. The molecule has 0 spiro atoms. The van der Waals surface area contributed by atoms with Crippen LogP contribution in [0.25, 0.3) is 16.7 Å². The molecule has 2 heterocycles. The molecule has 3 aromatic carbocycles. The second kappa shape index (κ2) is 9.07. The monoisotopic (exact) mass is 460 g/mol. The standard InChI is InChI=1S/C31H28N2O2/c32-17-16-21-12-14-22(15-13-21)23-18-24-6-5-7-25(19-23)33(24)31(34)35-20-30-28-10-3-1-8-26(28)27-9-2-4-11-29(27)30/h1-4,8-15,18,24-25,30H,5-7,16,19-20H2. The predicted octanol–water partition coefficient (Wildman–Crippen LogP) is 6.71. The molecule has 1 saturated heterocycles. The lowest BCUT2D eigenvalue weighted by atomic mass is 9.83. The predicted molar refractivity (Wildman–Crippen MR) is 137 cm³/mol. The topological polar surface area (TPSA) is 53.3 Å². The normalized spacial score (nSPS) is 20.4. The van der Waals surface area contributed by atoms with Gasteiger partial charge in [0.2, 0.25) is 0 Å². The van der Waals surface area contributed by atoms with Crippen LogP contribution in [0.1, 0.15) is 53.9 Å². The van der Waals surface area contributed by atoms with E-state index in [9.17, 15) is 4.79 Å². The van der Waals surface area contributed by atoms with Crippen LogP contribution in [0.3, 0.4) is 0 Å². The third kappa shape index (κ3) is 3.91. The molecule has 3 aromatic rings. The van der Waals surface area contributed by atoms with Crippen molar-refractivity contribution in [2.45, 2.75) is 50.1 Å². The number of piperidine rings is 1. The van der Waals surface area contributed by atoms with Crippen LogP contribution in [-0.4, -0.2) is 29.7 Å². The van der Waals surface area contributed by atoms with Crippen molar-refractivity contribution in [1.82, 2.24) is 4.90 Å². The van der Waals surface area contributed by atoms with E-state index >= 15 is 0 Å². The van der Waals surface area contributed by atoms with Crippen LogP contribution >= 0.6 is 0 Å². The van der Waals surface area contributed by atoms with Crippen LogP contribution in [0, 0.1) is 11.3 Å². The highest BCUT2D eigenvalue weighted by Crippen LogP contribution is 2.45. The second-order valence-corrected chi connectivity index (χ2v) is 9.79. The Morgan fingerprint density at radius 2 is 1.63 bits per heavy atom. The summed E-state index contributed by atoms with van der Waals surface area (Å²) in [6.45, 7) is 0.361. The van der Waals surface area contributed by atoms with E-state index in [1.807, 2.05) is 17.0 Å². The largest absolute Gasteiger partial charge is 0.448 e. The van der Waals surface area contributed by atoms with Crippen molar-refractivity contribution in [1.29, 1.82) is 5.26 Å². The molecule has 2 unspecified atom stereocenters. The number of hydrogen-bond acceptors (Lipinski definition) is 3. The zero-order valence-corrected chi connectivity index (χ0v) is 19.7. The van der Waals surface area contributed by atoms with E-state index in [1.54, 1.807) is 0 Å². The van der Waals surface area contributed by atoms with Crippen molar-refractivity contribution >= 4 is 11.7 Å². The van der Waals surface area contributed by atoms with Gasteiger partial charge in [0.15, 0.2) is 0 Å².